The zero-order chi connectivity index (χ0) is 15.8. The maximum Gasteiger partial charge on any atom is 0.356 e. The van der Waals surface area contributed by atoms with Crippen molar-refractivity contribution in [3.8, 4) is 11.3 Å². The van der Waals surface area contributed by atoms with E-state index in [4.69, 9.17) is 5.11 Å². The number of hydrogen-bond acceptors (Lipinski definition) is 4. The van der Waals surface area contributed by atoms with E-state index in [0.717, 1.165) is 10.6 Å². The van der Waals surface area contributed by atoms with Crippen LogP contribution in [0.15, 0.2) is 30.3 Å². The third kappa shape index (κ3) is 2.89. The van der Waals surface area contributed by atoms with Gasteiger partial charge in [0.15, 0.2) is 5.69 Å². The molecule has 1 aromatic carbocycles. The monoisotopic (exact) mass is 309 g/mol. The first-order valence-electron chi connectivity index (χ1n) is 6.02. The maximum absolute atomic E-state index is 11.7. The van der Waals surface area contributed by atoms with Gasteiger partial charge in [-0.2, -0.15) is 5.10 Å². The Labute approximate surface area is 122 Å². The lowest BCUT2D eigenvalue weighted by Crippen LogP contribution is -2.25. The van der Waals surface area contributed by atoms with Crippen molar-refractivity contribution in [3.63, 3.8) is 0 Å². The highest BCUT2D eigenvalue weighted by molar-refractivity contribution is 7.92. The van der Waals surface area contributed by atoms with Gasteiger partial charge >= 0.3 is 5.97 Å². The van der Waals surface area contributed by atoms with Crippen molar-refractivity contribution in [1.29, 1.82) is 0 Å². The number of carboxylic acid groups (broad SMARTS) is 1. The molecule has 0 aliphatic rings. The van der Waals surface area contributed by atoms with E-state index < -0.39 is 16.0 Å². The third-order valence-electron chi connectivity index (χ3n) is 3.12. The molecule has 7 nitrogen and oxygen atoms in total. The van der Waals surface area contributed by atoms with E-state index in [1.165, 1.54) is 17.8 Å². The van der Waals surface area contributed by atoms with Crippen molar-refractivity contribution < 1.29 is 18.3 Å². The van der Waals surface area contributed by atoms with Crippen LogP contribution in [0.5, 0.6) is 0 Å². The van der Waals surface area contributed by atoms with Crippen LogP contribution in [0.4, 0.5) is 5.69 Å². The molecule has 0 atom stereocenters. The first-order chi connectivity index (χ1) is 9.71. The van der Waals surface area contributed by atoms with Crippen molar-refractivity contribution in [2.24, 2.45) is 7.05 Å². The minimum Gasteiger partial charge on any atom is -0.476 e. The molecule has 2 rings (SSSR count). The van der Waals surface area contributed by atoms with Gasteiger partial charge in [-0.1, -0.05) is 18.2 Å². The lowest BCUT2D eigenvalue weighted by molar-refractivity contribution is 0.0689. The van der Waals surface area contributed by atoms with Gasteiger partial charge in [-0.15, -0.1) is 0 Å². The molecule has 0 spiro atoms. The van der Waals surface area contributed by atoms with Gasteiger partial charge in [0.1, 0.15) is 0 Å². The number of sulfonamides is 1. The van der Waals surface area contributed by atoms with E-state index in [9.17, 15) is 13.2 Å². The molecule has 0 unspecified atom stereocenters. The molecule has 1 aromatic heterocycles. The highest BCUT2D eigenvalue weighted by atomic mass is 32.2. The zero-order valence-electron chi connectivity index (χ0n) is 11.8. The van der Waals surface area contributed by atoms with E-state index in [1.54, 1.807) is 31.3 Å². The fraction of sp³-hybridized carbons (Fsp3) is 0.231. The fourth-order valence-corrected chi connectivity index (χ4v) is 2.48. The number of anilines is 1. The molecule has 0 fully saturated rings. The number of rotatable bonds is 4. The van der Waals surface area contributed by atoms with E-state index in [-0.39, 0.29) is 5.69 Å². The second-order valence-electron chi connectivity index (χ2n) is 4.59. The second-order valence-corrected chi connectivity index (χ2v) is 6.60. The summed E-state index contributed by atoms with van der Waals surface area (Å²) in [5, 5.41) is 12.9. The summed E-state index contributed by atoms with van der Waals surface area (Å²) in [7, 11) is -0.364. The predicted octanol–water partition coefficient (Wildman–Crippen LogP) is 1.18. The fourth-order valence-electron chi connectivity index (χ4n) is 1.97. The summed E-state index contributed by atoms with van der Waals surface area (Å²) < 4.78 is 26.0. The quantitative estimate of drug-likeness (QED) is 0.915. The highest BCUT2D eigenvalue weighted by Gasteiger charge is 2.20. The Morgan fingerprint density at radius 2 is 1.95 bits per heavy atom. The van der Waals surface area contributed by atoms with Crippen LogP contribution in [-0.2, 0) is 17.1 Å². The summed E-state index contributed by atoms with van der Waals surface area (Å²) in [5.74, 6) is -1.13. The number of benzene rings is 1. The standard InChI is InChI=1S/C13H15N3O4S/c1-15-12(8-10(14-15)13(17)18)9-6-4-5-7-11(9)16(2)21(3,19)20/h4-8H,1-3H3,(H,17,18). The molecule has 112 valence electrons. The Morgan fingerprint density at radius 1 is 1.33 bits per heavy atom. The largest absolute Gasteiger partial charge is 0.476 e. The summed E-state index contributed by atoms with van der Waals surface area (Å²) in [6.07, 6.45) is 1.11. The Kier molecular flexibility index (Phi) is 3.73. The lowest BCUT2D eigenvalue weighted by Gasteiger charge is -2.20. The van der Waals surface area contributed by atoms with E-state index in [0.29, 0.717) is 16.9 Å². The molecule has 0 aliphatic carbocycles. The summed E-state index contributed by atoms with van der Waals surface area (Å²) in [4.78, 5) is 11.0. The molecule has 1 N–H and O–H groups in total. The summed E-state index contributed by atoms with van der Waals surface area (Å²) in [5.41, 5.74) is 1.48. The number of para-hydroxylation sites is 1. The average Bonchev–Trinajstić information content (AvgIpc) is 2.79. The Balaban J connectivity index is 2.63. The molecular formula is C13H15N3O4S. The molecule has 0 aliphatic heterocycles. The maximum atomic E-state index is 11.7. The van der Waals surface area contributed by atoms with E-state index >= 15 is 0 Å². The van der Waals surface area contributed by atoms with Crippen molar-refractivity contribution in [2.75, 3.05) is 17.6 Å². The van der Waals surface area contributed by atoms with Crippen LogP contribution < -0.4 is 4.31 Å². The summed E-state index contributed by atoms with van der Waals surface area (Å²) in [6, 6.07) is 8.26. The second kappa shape index (κ2) is 5.21. The topological polar surface area (TPSA) is 92.5 Å². The number of aromatic nitrogens is 2. The van der Waals surface area contributed by atoms with Crippen LogP contribution in [0.1, 0.15) is 10.5 Å². The van der Waals surface area contributed by atoms with Crippen LogP contribution in [-0.4, -0.2) is 42.6 Å². The van der Waals surface area contributed by atoms with Crippen molar-refractivity contribution in [1.82, 2.24) is 9.78 Å². The van der Waals surface area contributed by atoms with Crippen molar-refractivity contribution in [2.45, 2.75) is 0 Å². The van der Waals surface area contributed by atoms with Gasteiger partial charge in [-0.05, 0) is 12.1 Å². The van der Waals surface area contributed by atoms with Gasteiger partial charge in [-0.25, -0.2) is 13.2 Å². The SMILES string of the molecule is CN(c1ccccc1-c1cc(C(=O)O)nn1C)S(C)(=O)=O. The summed E-state index contributed by atoms with van der Waals surface area (Å²) >= 11 is 0. The van der Waals surface area contributed by atoms with E-state index in [2.05, 4.69) is 5.10 Å². The van der Waals surface area contributed by atoms with Gasteiger partial charge in [0.05, 0.1) is 17.6 Å². The van der Waals surface area contributed by atoms with Crippen molar-refractivity contribution in [3.05, 3.63) is 36.0 Å². The summed E-state index contributed by atoms with van der Waals surface area (Å²) in [6.45, 7) is 0. The number of carbonyl (C=O) groups is 1. The molecule has 0 radical (unpaired) electrons. The van der Waals surface area contributed by atoms with Crippen LogP contribution >= 0.6 is 0 Å². The first kappa shape index (κ1) is 15.0. The Morgan fingerprint density at radius 3 is 2.48 bits per heavy atom. The molecule has 0 amide bonds. The third-order valence-corrected chi connectivity index (χ3v) is 4.31. The molecule has 2 aromatic rings. The number of carboxylic acids is 1. The van der Waals surface area contributed by atoms with Crippen LogP contribution in [0.3, 0.4) is 0 Å². The van der Waals surface area contributed by atoms with E-state index in [1.807, 2.05) is 0 Å². The Bertz CT molecular complexity index is 795. The normalized spacial score (nSPS) is 11.4. The smallest absolute Gasteiger partial charge is 0.356 e. The number of nitrogens with zero attached hydrogens (tertiary/aromatic N) is 3. The molecule has 0 saturated heterocycles. The molecular weight excluding hydrogens is 294 g/mol. The minimum atomic E-state index is -3.42. The number of aromatic carboxylic acids is 1. The molecule has 0 saturated carbocycles. The zero-order valence-corrected chi connectivity index (χ0v) is 12.6. The van der Waals surface area contributed by atoms with Gasteiger partial charge in [0, 0.05) is 19.7 Å². The lowest BCUT2D eigenvalue weighted by atomic mass is 10.1. The predicted molar refractivity (Wildman–Crippen MR) is 78.9 cm³/mol. The van der Waals surface area contributed by atoms with Gasteiger partial charge in [-0.3, -0.25) is 8.99 Å². The van der Waals surface area contributed by atoms with Gasteiger partial charge in [0.25, 0.3) is 0 Å². The Hall–Kier alpha value is -2.35. The van der Waals surface area contributed by atoms with Gasteiger partial charge in [0.2, 0.25) is 10.0 Å². The average molecular weight is 309 g/mol. The van der Waals surface area contributed by atoms with Crippen LogP contribution in [0, 0.1) is 0 Å². The highest BCUT2D eigenvalue weighted by Crippen LogP contribution is 2.31. The first-order valence-corrected chi connectivity index (χ1v) is 7.87. The van der Waals surface area contributed by atoms with Crippen LogP contribution in [0.25, 0.3) is 11.3 Å². The van der Waals surface area contributed by atoms with Crippen LogP contribution in [0.2, 0.25) is 0 Å². The molecule has 1 heterocycles. The minimum absolute atomic E-state index is 0.0932. The molecule has 0 bridgehead atoms. The molecule has 21 heavy (non-hydrogen) atoms. The van der Waals surface area contributed by atoms with Gasteiger partial charge < -0.3 is 5.11 Å². The number of hydrogen-bond donors (Lipinski definition) is 1. The molecule has 8 heteroatoms. The number of aryl methyl sites for hydroxylation is 1. The van der Waals surface area contributed by atoms with Crippen molar-refractivity contribution >= 4 is 21.7 Å².